The molecule has 0 bridgehead atoms. The summed E-state index contributed by atoms with van der Waals surface area (Å²) in [6.07, 6.45) is 1.56. The SMILES string of the molecule is CCOc1ncccc1C1C(=O)N(S(=O)(=O)c2ccccc2)c2ccc(Cl)cc21. The van der Waals surface area contributed by atoms with Gasteiger partial charge < -0.3 is 4.74 Å². The van der Waals surface area contributed by atoms with Crippen molar-refractivity contribution in [2.24, 2.45) is 0 Å². The molecule has 0 saturated carbocycles. The van der Waals surface area contributed by atoms with Crippen LogP contribution in [0.1, 0.15) is 24.0 Å². The van der Waals surface area contributed by atoms with Gasteiger partial charge in [-0.3, -0.25) is 4.79 Å². The molecule has 1 atom stereocenters. The van der Waals surface area contributed by atoms with Gasteiger partial charge >= 0.3 is 0 Å². The average molecular weight is 429 g/mol. The number of anilines is 1. The molecule has 1 aromatic heterocycles. The Labute approximate surface area is 173 Å². The van der Waals surface area contributed by atoms with Crippen molar-refractivity contribution in [3.05, 3.63) is 83.0 Å². The third-order valence-electron chi connectivity index (χ3n) is 4.64. The van der Waals surface area contributed by atoms with E-state index < -0.39 is 21.8 Å². The number of fused-ring (bicyclic) bond motifs is 1. The number of hydrogen-bond donors (Lipinski definition) is 0. The molecule has 8 heteroatoms. The van der Waals surface area contributed by atoms with E-state index in [0.717, 1.165) is 4.31 Å². The Morgan fingerprint density at radius 2 is 1.83 bits per heavy atom. The highest BCUT2D eigenvalue weighted by Crippen LogP contribution is 2.46. The van der Waals surface area contributed by atoms with E-state index in [1.807, 2.05) is 6.92 Å². The van der Waals surface area contributed by atoms with Crippen molar-refractivity contribution in [2.75, 3.05) is 10.9 Å². The van der Waals surface area contributed by atoms with Crippen LogP contribution in [-0.4, -0.2) is 25.9 Å². The fourth-order valence-corrected chi connectivity index (χ4v) is 5.10. The van der Waals surface area contributed by atoms with E-state index in [1.165, 1.54) is 12.1 Å². The lowest BCUT2D eigenvalue weighted by Crippen LogP contribution is -2.35. The van der Waals surface area contributed by atoms with Crippen molar-refractivity contribution in [1.29, 1.82) is 0 Å². The van der Waals surface area contributed by atoms with Gasteiger partial charge in [0.05, 0.1) is 23.1 Å². The fourth-order valence-electron chi connectivity index (χ4n) is 3.44. The largest absolute Gasteiger partial charge is 0.478 e. The third-order valence-corrected chi connectivity index (χ3v) is 6.60. The molecule has 1 aliphatic rings. The number of aromatic nitrogens is 1. The minimum atomic E-state index is -4.10. The predicted octanol–water partition coefficient (Wildman–Crippen LogP) is 4.00. The summed E-state index contributed by atoms with van der Waals surface area (Å²) < 4.78 is 33.0. The molecule has 3 aromatic rings. The van der Waals surface area contributed by atoms with Crippen LogP contribution < -0.4 is 9.04 Å². The van der Waals surface area contributed by atoms with Gasteiger partial charge in [-0.15, -0.1) is 0 Å². The standard InChI is InChI=1S/C21H17ClN2O4S/c1-2-28-20-16(9-6-12-23-20)19-17-13-14(22)10-11-18(17)24(21(19)25)29(26,27)15-7-4-3-5-8-15/h3-13,19H,2H2,1H3. The number of rotatable bonds is 5. The number of sulfonamides is 1. The van der Waals surface area contributed by atoms with E-state index in [1.54, 1.807) is 54.7 Å². The molecule has 2 aromatic carbocycles. The number of ether oxygens (including phenoxy) is 1. The molecule has 0 N–H and O–H groups in total. The number of halogens is 1. The fraction of sp³-hybridized carbons (Fsp3) is 0.143. The Balaban J connectivity index is 1.92. The lowest BCUT2D eigenvalue weighted by atomic mass is 9.93. The summed E-state index contributed by atoms with van der Waals surface area (Å²) >= 11 is 6.18. The maximum atomic E-state index is 13.5. The first kappa shape index (κ1) is 19.4. The molecule has 0 radical (unpaired) electrons. The molecule has 1 unspecified atom stereocenters. The zero-order chi connectivity index (χ0) is 20.6. The zero-order valence-electron chi connectivity index (χ0n) is 15.4. The van der Waals surface area contributed by atoms with E-state index in [0.29, 0.717) is 28.6 Å². The van der Waals surface area contributed by atoms with Crippen LogP contribution in [0, 0.1) is 0 Å². The average Bonchev–Trinajstić information content (AvgIpc) is 3.01. The van der Waals surface area contributed by atoms with Crippen molar-refractivity contribution in [3.8, 4) is 5.88 Å². The van der Waals surface area contributed by atoms with E-state index >= 15 is 0 Å². The van der Waals surface area contributed by atoms with Crippen molar-refractivity contribution in [2.45, 2.75) is 17.7 Å². The Kier molecular flexibility index (Phi) is 5.02. The normalized spacial score (nSPS) is 16.0. The van der Waals surface area contributed by atoms with E-state index in [9.17, 15) is 13.2 Å². The topological polar surface area (TPSA) is 76.6 Å². The quantitative estimate of drug-likeness (QED) is 0.613. The van der Waals surface area contributed by atoms with Gasteiger partial charge in [0.2, 0.25) is 5.88 Å². The maximum absolute atomic E-state index is 13.5. The van der Waals surface area contributed by atoms with Crippen LogP contribution in [0.25, 0.3) is 0 Å². The van der Waals surface area contributed by atoms with Crippen LogP contribution in [0.3, 0.4) is 0 Å². The Hall–Kier alpha value is -2.90. The van der Waals surface area contributed by atoms with Gasteiger partial charge in [-0.05, 0) is 48.9 Å². The molecule has 2 heterocycles. The molecule has 1 amide bonds. The Morgan fingerprint density at radius 3 is 2.55 bits per heavy atom. The van der Waals surface area contributed by atoms with Crippen molar-refractivity contribution in [1.82, 2.24) is 4.98 Å². The highest BCUT2D eigenvalue weighted by atomic mass is 35.5. The summed E-state index contributed by atoms with van der Waals surface area (Å²) in [5.74, 6) is -1.20. The minimum absolute atomic E-state index is 0.0334. The summed E-state index contributed by atoms with van der Waals surface area (Å²) in [5.41, 5.74) is 1.27. The summed E-state index contributed by atoms with van der Waals surface area (Å²) in [6, 6.07) is 16.0. The summed E-state index contributed by atoms with van der Waals surface area (Å²) in [4.78, 5) is 17.7. The first-order valence-electron chi connectivity index (χ1n) is 8.96. The molecule has 0 aliphatic carbocycles. The Morgan fingerprint density at radius 1 is 1.07 bits per heavy atom. The molecular weight excluding hydrogens is 412 g/mol. The van der Waals surface area contributed by atoms with Crippen LogP contribution in [0.5, 0.6) is 5.88 Å². The van der Waals surface area contributed by atoms with Crippen LogP contribution in [0.15, 0.2) is 71.8 Å². The van der Waals surface area contributed by atoms with Crippen molar-refractivity contribution in [3.63, 3.8) is 0 Å². The molecule has 0 fully saturated rings. The lowest BCUT2D eigenvalue weighted by Gasteiger charge is -2.19. The van der Waals surface area contributed by atoms with E-state index in [2.05, 4.69) is 4.98 Å². The molecular formula is C21H17ClN2O4S. The number of carbonyl (C=O) groups is 1. The van der Waals surface area contributed by atoms with Gasteiger partial charge in [0.25, 0.3) is 15.9 Å². The highest BCUT2D eigenvalue weighted by Gasteiger charge is 2.46. The summed E-state index contributed by atoms with van der Waals surface area (Å²) in [6.45, 7) is 2.17. The van der Waals surface area contributed by atoms with Crippen LogP contribution in [0.2, 0.25) is 5.02 Å². The number of benzene rings is 2. The number of hydrogen-bond acceptors (Lipinski definition) is 5. The van der Waals surface area contributed by atoms with Gasteiger partial charge in [0.1, 0.15) is 0 Å². The van der Waals surface area contributed by atoms with Gasteiger partial charge in [-0.1, -0.05) is 35.9 Å². The maximum Gasteiger partial charge on any atom is 0.270 e. The van der Waals surface area contributed by atoms with Gasteiger partial charge in [0.15, 0.2) is 0 Å². The second kappa shape index (κ2) is 7.50. The van der Waals surface area contributed by atoms with E-state index in [-0.39, 0.29) is 10.6 Å². The second-order valence-electron chi connectivity index (χ2n) is 6.39. The van der Waals surface area contributed by atoms with Crippen LogP contribution >= 0.6 is 11.6 Å². The third kappa shape index (κ3) is 3.26. The summed E-state index contributed by atoms with van der Waals surface area (Å²) in [5, 5.41) is 0.405. The molecule has 6 nitrogen and oxygen atoms in total. The Bertz CT molecular complexity index is 1180. The second-order valence-corrected chi connectivity index (χ2v) is 8.61. The molecule has 0 saturated heterocycles. The van der Waals surface area contributed by atoms with Crippen LogP contribution in [0.4, 0.5) is 5.69 Å². The molecule has 1 aliphatic heterocycles. The van der Waals surface area contributed by atoms with E-state index in [4.69, 9.17) is 16.3 Å². The van der Waals surface area contributed by atoms with Crippen molar-refractivity contribution < 1.29 is 17.9 Å². The van der Waals surface area contributed by atoms with Gasteiger partial charge in [-0.25, -0.2) is 17.7 Å². The van der Waals surface area contributed by atoms with Crippen LogP contribution in [-0.2, 0) is 14.8 Å². The molecule has 29 heavy (non-hydrogen) atoms. The number of amides is 1. The predicted molar refractivity (Wildman–Crippen MR) is 110 cm³/mol. The highest BCUT2D eigenvalue weighted by molar-refractivity contribution is 7.93. The first-order valence-corrected chi connectivity index (χ1v) is 10.8. The first-order chi connectivity index (χ1) is 13.9. The number of pyridine rings is 1. The minimum Gasteiger partial charge on any atom is -0.478 e. The summed E-state index contributed by atoms with van der Waals surface area (Å²) in [7, 11) is -4.10. The van der Waals surface area contributed by atoms with Gasteiger partial charge in [0, 0.05) is 16.8 Å². The monoisotopic (exact) mass is 428 g/mol. The smallest absolute Gasteiger partial charge is 0.270 e. The molecule has 148 valence electrons. The number of carbonyl (C=O) groups excluding carboxylic acids is 1. The molecule has 0 spiro atoms. The van der Waals surface area contributed by atoms with Crippen molar-refractivity contribution >= 4 is 33.2 Å². The van der Waals surface area contributed by atoms with Gasteiger partial charge in [-0.2, -0.15) is 0 Å². The molecule has 4 rings (SSSR count). The lowest BCUT2D eigenvalue weighted by molar-refractivity contribution is -0.117. The number of nitrogens with zero attached hydrogens (tertiary/aromatic N) is 2. The zero-order valence-corrected chi connectivity index (χ0v) is 17.0.